The number of amides is 2. The summed E-state index contributed by atoms with van der Waals surface area (Å²) >= 11 is 0. The number of nitrogens with one attached hydrogen (secondary N) is 2. The predicted molar refractivity (Wildman–Crippen MR) is 89.9 cm³/mol. The summed E-state index contributed by atoms with van der Waals surface area (Å²) in [5.41, 5.74) is 0.572. The molecule has 0 atom stereocenters. The van der Waals surface area contributed by atoms with Crippen LogP contribution < -0.4 is 15.4 Å². The van der Waals surface area contributed by atoms with E-state index in [2.05, 4.69) is 10.6 Å². The van der Waals surface area contributed by atoms with Gasteiger partial charge in [0.1, 0.15) is 5.75 Å². The van der Waals surface area contributed by atoms with Gasteiger partial charge in [0.05, 0.1) is 6.61 Å². The van der Waals surface area contributed by atoms with Crippen molar-refractivity contribution in [2.75, 3.05) is 19.7 Å². The fourth-order valence-corrected chi connectivity index (χ4v) is 2.24. The van der Waals surface area contributed by atoms with Crippen molar-refractivity contribution in [1.29, 1.82) is 0 Å². The molecule has 130 valence electrons. The molecular weight excluding hydrogens is 308 g/mol. The Labute approximate surface area is 142 Å². The number of Topliss-reactive ketones (excluding diaryl/α,β-unsaturated/α-hetero) is 1. The van der Waals surface area contributed by atoms with Gasteiger partial charge in [-0.2, -0.15) is 0 Å². The van der Waals surface area contributed by atoms with Gasteiger partial charge in [-0.1, -0.05) is 0 Å². The van der Waals surface area contributed by atoms with E-state index in [0.29, 0.717) is 25.3 Å². The van der Waals surface area contributed by atoms with Gasteiger partial charge < -0.3 is 15.4 Å². The Morgan fingerprint density at radius 2 is 1.71 bits per heavy atom. The Bertz CT molecular complexity index is 579. The summed E-state index contributed by atoms with van der Waals surface area (Å²) in [5.74, 6) is 0.701. The van der Waals surface area contributed by atoms with Crippen LogP contribution in [0.4, 0.5) is 0 Å². The van der Waals surface area contributed by atoms with Gasteiger partial charge in [-0.25, -0.2) is 0 Å². The van der Waals surface area contributed by atoms with Crippen molar-refractivity contribution in [3.63, 3.8) is 0 Å². The van der Waals surface area contributed by atoms with E-state index in [1.165, 1.54) is 0 Å². The maximum Gasteiger partial charge on any atom is 0.223 e. The summed E-state index contributed by atoms with van der Waals surface area (Å²) in [6.07, 6.45) is 2.23. The molecule has 0 saturated heterocycles. The van der Waals surface area contributed by atoms with Crippen molar-refractivity contribution in [1.82, 2.24) is 10.6 Å². The zero-order chi connectivity index (χ0) is 17.4. The monoisotopic (exact) mass is 332 g/mol. The van der Waals surface area contributed by atoms with E-state index in [0.717, 1.165) is 18.6 Å². The van der Waals surface area contributed by atoms with Crippen molar-refractivity contribution in [2.45, 2.75) is 32.6 Å². The summed E-state index contributed by atoms with van der Waals surface area (Å²) in [5, 5.41) is 5.48. The Kier molecular flexibility index (Phi) is 6.78. The van der Waals surface area contributed by atoms with Gasteiger partial charge in [0, 0.05) is 37.4 Å². The van der Waals surface area contributed by atoms with Crippen molar-refractivity contribution < 1.29 is 19.1 Å². The normalized spacial score (nSPS) is 13.2. The average Bonchev–Trinajstić information content (AvgIpc) is 3.42. The lowest BCUT2D eigenvalue weighted by molar-refractivity contribution is -0.123. The molecule has 0 aromatic heterocycles. The third kappa shape index (κ3) is 6.02. The molecule has 0 spiro atoms. The number of hydrogen-bond donors (Lipinski definition) is 2. The average molecular weight is 332 g/mol. The first-order valence-electron chi connectivity index (χ1n) is 8.40. The first kappa shape index (κ1) is 18.0. The number of carbonyl (C=O) groups is 3. The molecule has 1 aliphatic carbocycles. The van der Waals surface area contributed by atoms with E-state index in [4.69, 9.17) is 4.74 Å². The molecule has 2 amide bonds. The molecule has 2 N–H and O–H groups in total. The fraction of sp³-hybridized carbons (Fsp3) is 0.500. The Balaban J connectivity index is 1.61. The second-order valence-corrected chi connectivity index (χ2v) is 5.80. The Morgan fingerprint density at radius 1 is 1.04 bits per heavy atom. The number of hydrogen-bond acceptors (Lipinski definition) is 4. The highest BCUT2D eigenvalue weighted by atomic mass is 16.5. The highest BCUT2D eigenvalue weighted by Gasteiger charge is 2.28. The van der Waals surface area contributed by atoms with E-state index in [9.17, 15) is 14.4 Å². The summed E-state index contributed by atoms with van der Waals surface area (Å²) < 4.78 is 5.32. The molecule has 6 nitrogen and oxygen atoms in total. The van der Waals surface area contributed by atoms with Crippen LogP contribution in [-0.2, 0) is 9.59 Å². The van der Waals surface area contributed by atoms with Crippen LogP contribution in [-0.4, -0.2) is 37.3 Å². The lowest BCUT2D eigenvalue weighted by Crippen LogP contribution is -2.35. The number of benzene rings is 1. The minimum absolute atomic E-state index is 0.0647. The van der Waals surface area contributed by atoms with Gasteiger partial charge >= 0.3 is 0 Å². The quantitative estimate of drug-likeness (QED) is 0.504. The van der Waals surface area contributed by atoms with Gasteiger partial charge in [-0.15, -0.1) is 0 Å². The number of ether oxygens (including phenoxy) is 1. The molecular formula is C18H24N2O4. The van der Waals surface area contributed by atoms with Crippen LogP contribution in [0.15, 0.2) is 24.3 Å². The van der Waals surface area contributed by atoms with Gasteiger partial charge in [0.25, 0.3) is 0 Å². The molecule has 1 aromatic rings. The fourth-order valence-electron chi connectivity index (χ4n) is 2.24. The van der Waals surface area contributed by atoms with Gasteiger partial charge in [0.15, 0.2) is 5.78 Å². The van der Waals surface area contributed by atoms with E-state index in [1.807, 2.05) is 6.92 Å². The number of carbonyl (C=O) groups excluding carboxylic acids is 3. The molecule has 6 heteroatoms. The zero-order valence-electron chi connectivity index (χ0n) is 14.0. The number of rotatable bonds is 10. The van der Waals surface area contributed by atoms with E-state index in [-0.39, 0.29) is 36.4 Å². The maximum atomic E-state index is 12.0. The van der Waals surface area contributed by atoms with Crippen LogP contribution in [0.2, 0.25) is 0 Å². The number of ketones is 1. The summed E-state index contributed by atoms with van der Waals surface area (Å²) in [6.45, 7) is 3.28. The molecule has 0 bridgehead atoms. The van der Waals surface area contributed by atoms with Crippen LogP contribution in [0.5, 0.6) is 5.75 Å². The van der Waals surface area contributed by atoms with E-state index >= 15 is 0 Å². The lowest BCUT2D eigenvalue weighted by atomic mass is 10.1. The highest BCUT2D eigenvalue weighted by Crippen LogP contribution is 2.28. The molecule has 2 rings (SSSR count). The molecule has 1 aliphatic rings. The second-order valence-electron chi connectivity index (χ2n) is 5.80. The minimum atomic E-state index is -0.185. The summed E-state index contributed by atoms with van der Waals surface area (Å²) in [4.78, 5) is 35.2. The molecule has 1 saturated carbocycles. The van der Waals surface area contributed by atoms with Crippen LogP contribution >= 0.6 is 0 Å². The first-order chi connectivity index (χ1) is 11.6. The van der Waals surface area contributed by atoms with Crippen molar-refractivity contribution in [3.8, 4) is 5.75 Å². The molecule has 24 heavy (non-hydrogen) atoms. The molecule has 0 aliphatic heterocycles. The van der Waals surface area contributed by atoms with Crippen molar-refractivity contribution in [3.05, 3.63) is 29.8 Å². The zero-order valence-corrected chi connectivity index (χ0v) is 14.0. The Morgan fingerprint density at radius 3 is 2.33 bits per heavy atom. The van der Waals surface area contributed by atoms with Crippen LogP contribution in [0.25, 0.3) is 0 Å². The van der Waals surface area contributed by atoms with Crippen molar-refractivity contribution >= 4 is 17.6 Å². The largest absolute Gasteiger partial charge is 0.494 e. The van der Waals surface area contributed by atoms with Crippen LogP contribution in [0.1, 0.15) is 43.0 Å². The minimum Gasteiger partial charge on any atom is -0.494 e. The standard InChI is InChI=1S/C18H24N2O4/c1-2-24-15-7-5-13(6-8-15)16(21)9-10-17(22)19-11-12-20-18(23)14-3-4-14/h5-8,14H,2-4,9-12H2,1H3,(H,19,22)(H,20,23). The third-order valence-corrected chi connectivity index (χ3v) is 3.76. The van der Waals surface area contributed by atoms with Gasteiger partial charge in [-0.3, -0.25) is 14.4 Å². The third-order valence-electron chi connectivity index (χ3n) is 3.76. The van der Waals surface area contributed by atoms with Crippen molar-refractivity contribution in [2.24, 2.45) is 5.92 Å². The van der Waals surface area contributed by atoms with Gasteiger partial charge in [-0.05, 0) is 44.0 Å². The molecule has 1 aromatic carbocycles. The van der Waals surface area contributed by atoms with Crippen LogP contribution in [0, 0.1) is 5.92 Å². The topological polar surface area (TPSA) is 84.5 Å². The van der Waals surface area contributed by atoms with Gasteiger partial charge in [0.2, 0.25) is 11.8 Å². The maximum absolute atomic E-state index is 12.0. The Hall–Kier alpha value is -2.37. The first-order valence-corrected chi connectivity index (χ1v) is 8.40. The molecule has 0 heterocycles. The smallest absolute Gasteiger partial charge is 0.223 e. The molecule has 1 fully saturated rings. The predicted octanol–water partition coefficient (Wildman–Crippen LogP) is 1.69. The highest BCUT2D eigenvalue weighted by molar-refractivity contribution is 5.98. The van der Waals surface area contributed by atoms with E-state index < -0.39 is 0 Å². The van der Waals surface area contributed by atoms with Crippen LogP contribution in [0.3, 0.4) is 0 Å². The van der Waals surface area contributed by atoms with E-state index in [1.54, 1.807) is 24.3 Å². The molecule has 0 radical (unpaired) electrons. The molecule has 0 unspecified atom stereocenters. The SMILES string of the molecule is CCOc1ccc(C(=O)CCC(=O)NCCNC(=O)C2CC2)cc1. The summed E-state index contributed by atoms with van der Waals surface area (Å²) in [7, 11) is 0. The lowest BCUT2D eigenvalue weighted by Gasteiger charge is -2.07. The second kappa shape index (κ2) is 9.05. The summed E-state index contributed by atoms with van der Waals surface area (Å²) in [6, 6.07) is 6.91.